The van der Waals surface area contributed by atoms with Crippen molar-refractivity contribution < 1.29 is 9.53 Å². The second-order valence-corrected chi connectivity index (χ2v) is 6.06. The van der Waals surface area contributed by atoms with Crippen molar-refractivity contribution in [3.8, 4) is 5.75 Å². The lowest BCUT2D eigenvalue weighted by Gasteiger charge is -2.27. The van der Waals surface area contributed by atoms with E-state index in [1.165, 1.54) is 19.3 Å². The molecule has 0 atom stereocenters. The van der Waals surface area contributed by atoms with Crippen LogP contribution in [0.5, 0.6) is 5.75 Å². The molecule has 1 saturated heterocycles. The smallest absolute Gasteiger partial charge is 0.193 e. The third-order valence-electron chi connectivity index (χ3n) is 4.42. The number of ether oxygens (including phenoxy) is 1. The SMILES string of the molecule is C.COc1ccc(C(=O)c2ccccc2)cc1CN1CCCCC1.Cl. The highest BCUT2D eigenvalue weighted by Crippen LogP contribution is 2.24. The van der Waals surface area contributed by atoms with Gasteiger partial charge in [0.15, 0.2) is 5.78 Å². The van der Waals surface area contributed by atoms with Gasteiger partial charge in [-0.15, -0.1) is 12.4 Å². The molecule has 0 spiro atoms. The lowest BCUT2D eigenvalue weighted by Crippen LogP contribution is -2.29. The van der Waals surface area contributed by atoms with E-state index in [4.69, 9.17) is 4.74 Å². The van der Waals surface area contributed by atoms with E-state index in [0.717, 1.165) is 42.1 Å². The molecule has 25 heavy (non-hydrogen) atoms. The lowest BCUT2D eigenvalue weighted by atomic mass is 10.00. The molecule has 0 saturated carbocycles. The van der Waals surface area contributed by atoms with Crippen molar-refractivity contribution in [2.75, 3.05) is 20.2 Å². The second kappa shape index (κ2) is 10.2. The van der Waals surface area contributed by atoms with Crippen LogP contribution in [0, 0.1) is 0 Å². The molecule has 4 heteroatoms. The van der Waals surface area contributed by atoms with Crippen molar-refractivity contribution in [3.05, 3.63) is 65.2 Å². The zero-order valence-corrected chi connectivity index (χ0v) is 14.8. The van der Waals surface area contributed by atoms with Crippen molar-refractivity contribution in [2.45, 2.75) is 33.2 Å². The van der Waals surface area contributed by atoms with Crippen LogP contribution in [0.4, 0.5) is 0 Å². The van der Waals surface area contributed by atoms with Crippen molar-refractivity contribution in [1.29, 1.82) is 0 Å². The molecule has 1 aliphatic heterocycles. The molecule has 3 rings (SSSR count). The van der Waals surface area contributed by atoms with Crippen LogP contribution in [0.2, 0.25) is 0 Å². The van der Waals surface area contributed by atoms with Gasteiger partial charge in [-0.2, -0.15) is 0 Å². The first-order valence-corrected chi connectivity index (χ1v) is 8.27. The number of hydrogen-bond donors (Lipinski definition) is 0. The van der Waals surface area contributed by atoms with Gasteiger partial charge in [0.1, 0.15) is 5.75 Å². The molecule has 0 N–H and O–H groups in total. The van der Waals surface area contributed by atoms with Gasteiger partial charge in [-0.3, -0.25) is 9.69 Å². The molecular formula is C21H28ClNO2. The normalized spacial score (nSPS) is 14.1. The summed E-state index contributed by atoms with van der Waals surface area (Å²) in [6.07, 6.45) is 3.83. The van der Waals surface area contributed by atoms with E-state index in [0.29, 0.717) is 0 Å². The topological polar surface area (TPSA) is 29.5 Å². The van der Waals surface area contributed by atoms with E-state index in [1.54, 1.807) is 7.11 Å². The van der Waals surface area contributed by atoms with Crippen molar-refractivity contribution in [1.82, 2.24) is 4.90 Å². The number of rotatable bonds is 5. The quantitative estimate of drug-likeness (QED) is 0.704. The fourth-order valence-corrected chi connectivity index (χ4v) is 3.16. The van der Waals surface area contributed by atoms with Crippen LogP contribution in [0.25, 0.3) is 0 Å². The van der Waals surface area contributed by atoms with Gasteiger partial charge in [0.2, 0.25) is 0 Å². The summed E-state index contributed by atoms with van der Waals surface area (Å²) in [7, 11) is 1.69. The molecule has 0 bridgehead atoms. The average Bonchev–Trinajstić information content (AvgIpc) is 2.62. The number of hydrogen-bond acceptors (Lipinski definition) is 3. The summed E-state index contributed by atoms with van der Waals surface area (Å²) in [5.41, 5.74) is 2.54. The van der Waals surface area contributed by atoms with Crippen LogP contribution in [0.3, 0.4) is 0 Å². The predicted octanol–water partition coefficient (Wildman–Crippen LogP) is 4.97. The third-order valence-corrected chi connectivity index (χ3v) is 4.42. The number of halogens is 1. The molecule has 2 aromatic rings. The van der Waals surface area contributed by atoms with E-state index in [-0.39, 0.29) is 25.6 Å². The minimum atomic E-state index is 0. The number of carbonyl (C=O) groups excluding carboxylic acids is 1. The van der Waals surface area contributed by atoms with Gasteiger partial charge in [-0.05, 0) is 44.1 Å². The molecule has 1 fully saturated rings. The Hall–Kier alpha value is -1.84. The molecule has 1 aliphatic rings. The van der Waals surface area contributed by atoms with Gasteiger partial charge in [-0.25, -0.2) is 0 Å². The first-order valence-electron chi connectivity index (χ1n) is 8.27. The molecule has 136 valence electrons. The molecule has 0 aromatic heterocycles. The summed E-state index contributed by atoms with van der Waals surface area (Å²) in [4.78, 5) is 15.1. The highest BCUT2D eigenvalue weighted by atomic mass is 35.5. The summed E-state index contributed by atoms with van der Waals surface area (Å²) < 4.78 is 5.49. The Balaban J connectivity index is 0.00000156. The van der Waals surface area contributed by atoms with Crippen LogP contribution < -0.4 is 4.74 Å². The van der Waals surface area contributed by atoms with Crippen molar-refractivity contribution >= 4 is 18.2 Å². The number of ketones is 1. The Morgan fingerprint density at radius 3 is 2.32 bits per heavy atom. The van der Waals surface area contributed by atoms with Gasteiger partial charge in [0, 0.05) is 23.2 Å². The Morgan fingerprint density at radius 2 is 1.68 bits per heavy atom. The molecule has 2 aromatic carbocycles. The maximum Gasteiger partial charge on any atom is 0.193 e. The van der Waals surface area contributed by atoms with Gasteiger partial charge < -0.3 is 4.74 Å². The fourth-order valence-electron chi connectivity index (χ4n) is 3.16. The predicted molar refractivity (Wildman–Crippen MR) is 106 cm³/mol. The van der Waals surface area contributed by atoms with Crippen molar-refractivity contribution in [2.24, 2.45) is 0 Å². The zero-order chi connectivity index (χ0) is 16.1. The summed E-state index contributed by atoms with van der Waals surface area (Å²) in [6, 6.07) is 15.2. The second-order valence-electron chi connectivity index (χ2n) is 6.06. The highest BCUT2D eigenvalue weighted by molar-refractivity contribution is 6.09. The first-order chi connectivity index (χ1) is 11.3. The van der Waals surface area contributed by atoms with E-state index in [2.05, 4.69) is 4.90 Å². The molecular weight excluding hydrogens is 334 g/mol. The summed E-state index contributed by atoms with van der Waals surface area (Å²) in [5, 5.41) is 0. The Kier molecular flexibility index (Phi) is 8.67. The highest BCUT2D eigenvalue weighted by Gasteiger charge is 2.16. The zero-order valence-electron chi connectivity index (χ0n) is 14.0. The van der Waals surface area contributed by atoms with Crippen LogP contribution >= 0.6 is 12.4 Å². The Morgan fingerprint density at radius 1 is 1.00 bits per heavy atom. The monoisotopic (exact) mass is 361 g/mol. The van der Waals surface area contributed by atoms with Crippen LogP contribution in [-0.4, -0.2) is 30.9 Å². The molecule has 0 aliphatic carbocycles. The number of likely N-dealkylation sites (tertiary alicyclic amines) is 1. The minimum absolute atomic E-state index is 0. The van der Waals surface area contributed by atoms with Gasteiger partial charge in [0.05, 0.1) is 7.11 Å². The molecule has 0 unspecified atom stereocenters. The van der Waals surface area contributed by atoms with Crippen LogP contribution in [-0.2, 0) is 6.54 Å². The van der Waals surface area contributed by atoms with Crippen LogP contribution in [0.15, 0.2) is 48.5 Å². The van der Waals surface area contributed by atoms with E-state index in [1.807, 2.05) is 48.5 Å². The molecule has 3 nitrogen and oxygen atoms in total. The van der Waals surface area contributed by atoms with Crippen LogP contribution in [0.1, 0.15) is 48.2 Å². The number of carbonyl (C=O) groups is 1. The van der Waals surface area contributed by atoms with Gasteiger partial charge in [0.25, 0.3) is 0 Å². The molecule has 0 amide bonds. The maximum atomic E-state index is 12.6. The lowest BCUT2D eigenvalue weighted by molar-refractivity contribution is 0.103. The third kappa shape index (κ3) is 5.32. The van der Waals surface area contributed by atoms with Gasteiger partial charge in [-0.1, -0.05) is 44.2 Å². The van der Waals surface area contributed by atoms with E-state index in [9.17, 15) is 4.79 Å². The summed E-state index contributed by atoms with van der Waals surface area (Å²) in [6.45, 7) is 3.10. The fraction of sp³-hybridized carbons (Fsp3) is 0.381. The number of piperidine rings is 1. The van der Waals surface area contributed by atoms with E-state index < -0.39 is 0 Å². The summed E-state index contributed by atoms with van der Waals surface area (Å²) in [5.74, 6) is 0.924. The van der Waals surface area contributed by atoms with Gasteiger partial charge >= 0.3 is 0 Å². The number of nitrogens with zero attached hydrogens (tertiary/aromatic N) is 1. The minimum Gasteiger partial charge on any atom is -0.496 e. The first kappa shape index (κ1) is 21.2. The number of methoxy groups -OCH3 is 1. The maximum absolute atomic E-state index is 12.6. The molecule has 1 heterocycles. The largest absolute Gasteiger partial charge is 0.496 e. The Labute approximate surface area is 157 Å². The van der Waals surface area contributed by atoms with Crippen molar-refractivity contribution in [3.63, 3.8) is 0 Å². The van der Waals surface area contributed by atoms with E-state index >= 15 is 0 Å². The Bertz CT molecular complexity index is 667. The standard InChI is InChI=1S/C20H23NO2.CH4.ClH/c1-23-19-11-10-17(20(22)16-8-4-2-5-9-16)14-18(19)15-21-12-6-3-7-13-21;;/h2,4-5,8-11,14H,3,6-7,12-13,15H2,1H3;1H4;1H. The number of benzene rings is 2. The average molecular weight is 362 g/mol. The summed E-state index contributed by atoms with van der Waals surface area (Å²) >= 11 is 0. The molecule has 0 radical (unpaired) electrons.